The van der Waals surface area contributed by atoms with Gasteiger partial charge in [0.25, 0.3) is 0 Å². The molecule has 1 aliphatic rings. The summed E-state index contributed by atoms with van der Waals surface area (Å²) in [7, 11) is 0. The second-order valence-corrected chi connectivity index (χ2v) is 10.6. The van der Waals surface area contributed by atoms with Gasteiger partial charge in [-0.1, -0.05) is 42.5 Å². The molecule has 2 heterocycles. The second-order valence-electron chi connectivity index (χ2n) is 10.6. The fourth-order valence-corrected chi connectivity index (χ4v) is 4.47. The number of aromatic nitrogens is 2. The number of carbonyl (C=O) groups is 2. The van der Waals surface area contributed by atoms with Gasteiger partial charge in [-0.05, 0) is 62.9 Å². The molecule has 0 spiro atoms. The highest BCUT2D eigenvalue weighted by molar-refractivity contribution is 5.75. The van der Waals surface area contributed by atoms with E-state index in [4.69, 9.17) is 15.5 Å². The largest absolute Gasteiger partial charge is 0.444 e. The van der Waals surface area contributed by atoms with E-state index in [1.54, 1.807) is 11.1 Å². The van der Waals surface area contributed by atoms with Crippen molar-refractivity contribution in [2.75, 3.05) is 18.4 Å². The first-order valence-corrected chi connectivity index (χ1v) is 12.6. The van der Waals surface area contributed by atoms with Crippen molar-refractivity contribution in [1.82, 2.24) is 14.9 Å². The number of amides is 2. The van der Waals surface area contributed by atoms with E-state index >= 15 is 0 Å². The van der Waals surface area contributed by atoms with Gasteiger partial charge in [-0.3, -0.25) is 4.79 Å². The van der Waals surface area contributed by atoms with Crippen molar-refractivity contribution in [3.63, 3.8) is 0 Å². The molecule has 3 N–H and O–H groups in total. The first-order valence-electron chi connectivity index (χ1n) is 12.6. The summed E-state index contributed by atoms with van der Waals surface area (Å²) in [6.07, 6.45) is 2.38. The molecule has 0 bridgehead atoms. The van der Waals surface area contributed by atoms with Crippen LogP contribution in [-0.4, -0.2) is 45.6 Å². The van der Waals surface area contributed by atoms with Gasteiger partial charge in [0.15, 0.2) is 0 Å². The van der Waals surface area contributed by atoms with Gasteiger partial charge in [-0.15, -0.1) is 0 Å². The van der Waals surface area contributed by atoms with Gasteiger partial charge in [-0.2, -0.15) is 0 Å². The standard InChI is InChI=1S/C29H35N5O3/c1-19-16-31-27(33-26(19)22(15-25(30)35)14-20-8-6-5-7-9-20)32-24-12-10-21(11-13-24)23-17-34(18-23)28(36)37-29(2,3)4/h5-13,16,22-23H,14-15,17-18H2,1-4H3,(H2,30,35)(H,31,32,33). The highest BCUT2D eigenvalue weighted by Crippen LogP contribution is 2.30. The molecule has 8 nitrogen and oxygen atoms in total. The van der Waals surface area contributed by atoms with E-state index in [0.29, 0.717) is 25.5 Å². The number of aryl methyl sites for hydroxylation is 1. The van der Waals surface area contributed by atoms with Crippen LogP contribution in [0.25, 0.3) is 0 Å². The van der Waals surface area contributed by atoms with E-state index in [1.165, 1.54) is 5.56 Å². The predicted octanol–water partition coefficient (Wildman–Crippen LogP) is 5.06. The van der Waals surface area contributed by atoms with Crippen LogP contribution in [-0.2, 0) is 16.0 Å². The van der Waals surface area contributed by atoms with Crippen LogP contribution in [0.4, 0.5) is 16.4 Å². The number of carbonyl (C=O) groups excluding carboxylic acids is 2. The first-order chi connectivity index (χ1) is 17.6. The number of primary amides is 1. The van der Waals surface area contributed by atoms with Crippen molar-refractivity contribution in [2.24, 2.45) is 5.73 Å². The summed E-state index contributed by atoms with van der Waals surface area (Å²) in [5, 5.41) is 3.28. The highest BCUT2D eigenvalue weighted by Gasteiger charge is 2.34. The molecule has 0 aliphatic carbocycles. The molecule has 2 aromatic carbocycles. The molecular weight excluding hydrogens is 466 g/mol. The summed E-state index contributed by atoms with van der Waals surface area (Å²) in [5.74, 6) is 0.259. The minimum absolute atomic E-state index is 0.141. The van der Waals surface area contributed by atoms with E-state index < -0.39 is 5.60 Å². The van der Waals surface area contributed by atoms with Gasteiger partial charge >= 0.3 is 6.09 Å². The van der Waals surface area contributed by atoms with Gasteiger partial charge < -0.3 is 20.7 Å². The van der Waals surface area contributed by atoms with Gasteiger partial charge in [-0.25, -0.2) is 14.8 Å². The van der Waals surface area contributed by atoms with Gasteiger partial charge in [0.2, 0.25) is 11.9 Å². The number of rotatable bonds is 8. The van der Waals surface area contributed by atoms with Crippen molar-refractivity contribution in [1.29, 1.82) is 0 Å². The molecule has 3 aromatic rings. The van der Waals surface area contributed by atoms with Crippen LogP contribution >= 0.6 is 0 Å². The summed E-state index contributed by atoms with van der Waals surface area (Å²) in [6.45, 7) is 8.86. The normalized spacial score (nSPS) is 14.5. The Morgan fingerprint density at radius 1 is 1.11 bits per heavy atom. The lowest BCUT2D eigenvalue weighted by Crippen LogP contribution is -2.50. The Bertz CT molecular complexity index is 1230. The third-order valence-corrected chi connectivity index (χ3v) is 6.34. The molecule has 8 heteroatoms. The van der Waals surface area contributed by atoms with E-state index in [1.807, 2.05) is 70.2 Å². The number of ether oxygens (including phenoxy) is 1. The highest BCUT2D eigenvalue weighted by atomic mass is 16.6. The van der Waals surface area contributed by atoms with Crippen LogP contribution < -0.4 is 11.1 Å². The maximum absolute atomic E-state index is 12.2. The van der Waals surface area contributed by atoms with E-state index in [2.05, 4.69) is 22.4 Å². The van der Waals surface area contributed by atoms with Crippen LogP contribution in [0.1, 0.15) is 61.4 Å². The molecule has 2 amide bonds. The Morgan fingerprint density at radius 2 is 1.78 bits per heavy atom. The molecule has 1 aliphatic heterocycles. The lowest BCUT2D eigenvalue weighted by Gasteiger charge is -2.40. The predicted molar refractivity (Wildman–Crippen MR) is 144 cm³/mol. The summed E-state index contributed by atoms with van der Waals surface area (Å²) >= 11 is 0. The number of nitrogens with two attached hydrogens (primary N) is 1. The smallest absolute Gasteiger partial charge is 0.410 e. The maximum Gasteiger partial charge on any atom is 0.410 e. The molecule has 1 fully saturated rings. The van der Waals surface area contributed by atoms with Crippen LogP contribution in [0, 0.1) is 6.92 Å². The number of nitrogens with one attached hydrogen (secondary N) is 1. The third kappa shape index (κ3) is 7.06. The lowest BCUT2D eigenvalue weighted by molar-refractivity contribution is -0.118. The van der Waals surface area contributed by atoms with Crippen LogP contribution in [0.5, 0.6) is 0 Å². The summed E-state index contributed by atoms with van der Waals surface area (Å²) in [6, 6.07) is 18.1. The number of benzene rings is 2. The third-order valence-electron chi connectivity index (χ3n) is 6.34. The zero-order chi connectivity index (χ0) is 26.6. The van der Waals surface area contributed by atoms with Crippen molar-refractivity contribution in [2.45, 2.75) is 58.0 Å². The molecule has 1 unspecified atom stereocenters. The summed E-state index contributed by atoms with van der Waals surface area (Å²) in [4.78, 5) is 35.0. The molecule has 1 aromatic heterocycles. The number of hydrogen-bond donors (Lipinski definition) is 2. The fourth-order valence-electron chi connectivity index (χ4n) is 4.47. The van der Waals surface area contributed by atoms with Crippen molar-refractivity contribution in [3.8, 4) is 0 Å². The Kier molecular flexibility index (Phi) is 7.76. The topological polar surface area (TPSA) is 110 Å². The Balaban J connectivity index is 1.42. The van der Waals surface area contributed by atoms with E-state index in [0.717, 1.165) is 22.5 Å². The molecule has 1 atom stereocenters. The summed E-state index contributed by atoms with van der Waals surface area (Å²) in [5.41, 5.74) is 9.97. The van der Waals surface area contributed by atoms with Gasteiger partial charge in [0.1, 0.15) is 5.60 Å². The fraction of sp³-hybridized carbons (Fsp3) is 0.379. The lowest BCUT2D eigenvalue weighted by atomic mass is 9.90. The Morgan fingerprint density at radius 3 is 2.41 bits per heavy atom. The number of nitrogens with zero attached hydrogens (tertiary/aromatic N) is 3. The average Bonchev–Trinajstić information content (AvgIpc) is 2.79. The zero-order valence-electron chi connectivity index (χ0n) is 21.9. The first kappa shape index (κ1) is 26.1. The van der Waals surface area contributed by atoms with Crippen LogP contribution in [0.2, 0.25) is 0 Å². The van der Waals surface area contributed by atoms with Crippen LogP contribution in [0.15, 0.2) is 60.8 Å². The SMILES string of the molecule is Cc1cnc(Nc2ccc(C3CN(C(=O)OC(C)(C)C)C3)cc2)nc1C(CC(N)=O)Cc1ccccc1. The van der Waals surface area contributed by atoms with Crippen LogP contribution in [0.3, 0.4) is 0 Å². The zero-order valence-corrected chi connectivity index (χ0v) is 21.9. The second kappa shape index (κ2) is 11.0. The van der Waals surface area contributed by atoms with Crippen molar-refractivity contribution < 1.29 is 14.3 Å². The van der Waals surface area contributed by atoms with E-state index in [-0.39, 0.29) is 30.3 Å². The molecule has 194 valence electrons. The Labute approximate surface area is 218 Å². The minimum atomic E-state index is -0.491. The molecule has 37 heavy (non-hydrogen) atoms. The number of likely N-dealkylation sites (tertiary alicyclic amines) is 1. The van der Waals surface area contributed by atoms with Gasteiger partial charge in [0.05, 0.1) is 5.69 Å². The monoisotopic (exact) mass is 501 g/mol. The number of hydrogen-bond acceptors (Lipinski definition) is 6. The number of anilines is 2. The molecule has 0 saturated carbocycles. The maximum atomic E-state index is 12.2. The van der Waals surface area contributed by atoms with Crippen molar-refractivity contribution >= 4 is 23.6 Å². The average molecular weight is 502 g/mol. The molecule has 4 rings (SSSR count). The molecule has 1 saturated heterocycles. The van der Waals surface area contributed by atoms with Crippen molar-refractivity contribution in [3.05, 3.63) is 83.2 Å². The Hall–Kier alpha value is -3.94. The van der Waals surface area contributed by atoms with Gasteiger partial charge in [0, 0.05) is 43.2 Å². The van der Waals surface area contributed by atoms with E-state index in [9.17, 15) is 9.59 Å². The molecule has 0 radical (unpaired) electrons. The molecular formula is C29H35N5O3. The summed E-state index contributed by atoms with van der Waals surface area (Å²) < 4.78 is 5.44. The quantitative estimate of drug-likeness (QED) is 0.446. The minimum Gasteiger partial charge on any atom is -0.444 e.